The van der Waals surface area contributed by atoms with Crippen LogP contribution in [0.5, 0.6) is 11.5 Å². The van der Waals surface area contributed by atoms with Crippen LogP contribution < -0.4 is 9.47 Å². The fourth-order valence-corrected chi connectivity index (χ4v) is 3.38. The zero-order valence-electron chi connectivity index (χ0n) is 16.3. The molecule has 0 aliphatic rings. The van der Waals surface area contributed by atoms with E-state index in [1.807, 2.05) is 54.6 Å². The number of hydrogen-bond acceptors (Lipinski definition) is 3. The number of hydrogen-bond donors (Lipinski definition) is 0. The predicted molar refractivity (Wildman–Crippen MR) is 113 cm³/mol. The average molecular weight is 390 g/mol. The van der Waals surface area contributed by atoms with E-state index in [0.29, 0.717) is 18.0 Å². The summed E-state index contributed by atoms with van der Waals surface area (Å²) in [4.78, 5) is 4.69. The van der Waals surface area contributed by atoms with Crippen molar-refractivity contribution in [2.75, 3.05) is 13.7 Å². The maximum Gasteiger partial charge on any atom is 0.144 e. The van der Waals surface area contributed by atoms with Crippen LogP contribution in [0.3, 0.4) is 0 Å². The molecule has 0 radical (unpaired) electrons. The lowest BCUT2D eigenvalue weighted by Gasteiger charge is -2.11. The van der Waals surface area contributed by atoms with Crippen LogP contribution in [0.2, 0.25) is 0 Å². The number of rotatable bonds is 8. The SMILES string of the molecule is COc1ccc(OCCCCn2c(-c3ccccc3F)nc3ccccc32)cc1. The highest BCUT2D eigenvalue weighted by Gasteiger charge is 2.15. The molecule has 29 heavy (non-hydrogen) atoms. The second kappa shape index (κ2) is 8.78. The number of imidazole rings is 1. The van der Waals surface area contributed by atoms with E-state index >= 15 is 0 Å². The lowest BCUT2D eigenvalue weighted by molar-refractivity contribution is 0.303. The van der Waals surface area contributed by atoms with Crippen molar-refractivity contribution in [3.63, 3.8) is 0 Å². The number of benzene rings is 3. The van der Waals surface area contributed by atoms with Gasteiger partial charge in [0.05, 0.1) is 30.3 Å². The van der Waals surface area contributed by atoms with Crippen LogP contribution in [0.15, 0.2) is 72.8 Å². The third-order valence-corrected chi connectivity index (χ3v) is 4.87. The van der Waals surface area contributed by atoms with Gasteiger partial charge in [0, 0.05) is 6.54 Å². The molecule has 0 aliphatic carbocycles. The molecule has 3 aromatic carbocycles. The van der Waals surface area contributed by atoms with Crippen molar-refractivity contribution in [1.82, 2.24) is 9.55 Å². The van der Waals surface area contributed by atoms with Crippen LogP contribution in [0, 0.1) is 5.82 Å². The van der Waals surface area contributed by atoms with Gasteiger partial charge in [0.15, 0.2) is 0 Å². The van der Waals surface area contributed by atoms with Crippen LogP contribution >= 0.6 is 0 Å². The molecule has 0 fully saturated rings. The fourth-order valence-electron chi connectivity index (χ4n) is 3.38. The van der Waals surface area contributed by atoms with Gasteiger partial charge in [0.1, 0.15) is 23.1 Å². The second-order valence-electron chi connectivity index (χ2n) is 6.79. The van der Waals surface area contributed by atoms with E-state index in [-0.39, 0.29) is 5.82 Å². The number of halogens is 1. The summed E-state index contributed by atoms with van der Waals surface area (Å²) in [6.07, 6.45) is 1.78. The number of unbranched alkanes of at least 4 members (excludes halogenated alkanes) is 1. The molecule has 0 aliphatic heterocycles. The second-order valence-corrected chi connectivity index (χ2v) is 6.79. The van der Waals surface area contributed by atoms with Crippen LogP contribution in [0.4, 0.5) is 4.39 Å². The molecule has 4 aromatic rings. The third-order valence-electron chi connectivity index (χ3n) is 4.87. The standard InChI is InChI=1S/C24H23FN2O2/c1-28-18-12-14-19(15-13-18)29-17-7-6-16-27-23-11-5-4-10-22(23)26-24(27)20-8-2-3-9-21(20)25/h2-5,8-15H,6-7,16-17H2,1H3. The van der Waals surface area contributed by atoms with Crippen LogP contribution in [0.1, 0.15) is 12.8 Å². The van der Waals surface area contributed by atoms with Gasteiger partial charge in [-0.15, -0.1) is 0 Å². The summed E-state index contributed by atoms with van der Waals surface area (Å²) in [7, 11) is 1.64. The third kappa shape index (κ3) is 4.24. The van der Waals surface area contributed by atoms with Gasteiger partial charge in [-0.05, 0) is 61.4 Å². The van der Waals surface area contributed by atoms with Crippen LogP contribution in [-0.2, 0) is 6.54 Å². The normalized spacial score (nSPS) is 11.0. The minimum atomic E-state index is -0.258. The first-order valence-electron chi connectivity index (χ1n) is 9.73. The lowest BCUT2D eigenvalue weighted by atomic mass is 10.2. The molecular weight excluding hydrogens is 367 g/mol. The van der Waals surface area contributed by atoms with Gasteiger partial charge in [0.25, 0.3) is 0 Å². The summed E-state index contributed by atoms with van der Waals surface area (Å²) in [5.74, 6) is 2.04. The monoisotopic (exact) mass is 390 g/mol. The molecular formula is C24H23FN2O2. The summed E-state index contributed by atoms with van der Waals surface area (Å²) in [6.45, 7) is 1.37. The Bertz CT molecular complexity index is 1090. The Morgan fingerprint density at radius 2 is 1.59 bits per heavy atom. The zero-order chi connectivity index (χ0) is 20.1. The Labute approximate surface area is 169 Å². The molecule has 0 amide bonds. The minimum Gasteiger partial charge on any atom is -0.497 e. The molecule has 0 spiro atoms. The number of para-hydroxylation sites is 2. The van der Waals surface area contributed by atoms with Crippen molar-refractivity contribution in [1.29, 1.82) is 0 Å². The molecule has 4 rings (SSSR count). The summed E-state index contributed by atoms with van der Waals surface area (Å²) < 4.78 is 27.4. The number of fused-ring (bicyclic) bond motifs is 1. The Kier molecular flexibility index (Phi) is 5.75. The van der Waals surface area contributed by atoms with E-state index in [2.05, 4.69) is 9.55 Å². The van der Waals surface area contributed by atoms with Crippen molar-refractivity contribution in [3.05, 3.63) is 78.6 Å². The summed E-state index contributed by atoms with van der Waals surface area (Å²) in [5.41, 5.74) is 2.42. The molecule has 0 bridgehead atoms. The number of aromatic nitrogens is 2. The first-order chi connectivity index (χ1) is 14.3. The molecule has 0 atom stereocenters. The molecule has 1 aromatic heterocycles. The lowest BCUT2D eigenvalue weighted by Crippen LogP contribution is -2.04. The van der Waals surface area contributed by atoms with Gasteiger partial charge in [0.2, 0.25) is 0 Å². The van der Waals surface area contributed by atoms with Crippen LogP contribution in [-0.4, -0.2) is 23.3 Å². The van der Waals surface area contributed by atoms with Gasteiger partial charge in [-0.25, -0.2) is 9.37 Å². The van der Waals surface area contributed by atoms with Crippen molar-refractivity contribution in [3.8, 4) is 22.9 Å². The molecule has 1 heterocycles. The maximum atomic E-state index is 14.4. The Morgan fingerprint density at radius 1 is 0.862 bits per heavy atom. The molecule has 0 saturated heterocycles. The zero-order valence-corrected chi connectivity index (χ0v) is 16.3. The maximum absolute atomic E-state index is 14.4. The first kappa shape index (κ1) is 19.0. The summed E-state index contributed by atoms with van der Waals surface area (Å²) >= 11 is 0. The van der Waals surface area contributed by atoms with Crippen molar-refractivity contribution in [2.24, 2.45) is 0 Å². The molecule has 0 unspecified atom stereocenters. The smallest absolute Gasteiger partial charge is 0.144 e. The van der Waals surface area contributed by atoms with E-state index in [9.17, 15) is 4.39 Å². The van der Waals surface area contributed by atoms with E-state index in [0.717, 1.165) is 41.9 Å². The molecule has 148 valence electrons. The molecule has 5 heteroatoms. The first-order valence-corrected chi connectivity index (χ1v) is 9.73. The highest BCUT2D eigenvalue weighted by Crippen LogP contribution is 2.27. The highest BCUT2D eigenvalue weighted by molar-refractivity contribution is 5.80. The molecule has 4 nitrogen and oxygen atoms in total. The fraction of sp³-hybridized carbons (Fsp3) is 0.208. The Morgan fingerprint density at radius 3 is 2.38 bits per heavy atom. The van der Waals surface area contributed by atoms with Gasteiger partial charge in [-0.3, -0.25) is 0 Å². The van der Waals surface area contributed by atoms with E-state index in [1.165, 1.54) is 6.07 Å². The van der Waals surface area contributed by atoms with Crippen molar-refractivity contribution < 1.29 is 13.9 Å². The average Bonchev–Trinajstić information content (AvgIpc) is 3.12. The number of ether oxygens (including phenoxy) is 2. The summed E-state index contributed by atoms with van der Waals surface area (Å²) in [6, 6.07) is 22.3. The Hall–Kier alpha value is -3.34. The van der Waals surface area contributed by atoms with Crippen LogP contribution in [0.25, 0.3) is 22.4 Å². The number of methoxy groups -OCH3 is 1. The number of nitrogens with zero attached hydrogens (tertiary/aromatic N) is 2. The van der Waals surface area contributed by atoms with Crippen molar-refractivity contribution >= 4 is 11.0 Å². The topological polar surface area (TPSA) is 36.3 Å². The predicted octanol–water partition coefficient (Wildman–Crippen LogP) is 5.71. The van der Waals surface area contributed by atoms with Gasteiger partial charge >= 0.3 is 0 Å². The van der Waals surface area contributed by atoms with E-state index in [4.69, 9.17) is 9.47 Å². The molecule has 0 saturated carbocycles. The van der Waals surface area contributed by atoms with E-state index < -0.39 is 0 Å². The number of aryl methyl sites for hydroxylation is 1. The van der Waals surface area contributed by atoms with Crippen molar-refractivity contribution in [2.45, 2.75) is 19.4 Å². The van der Waals surface area contributed by atoms with Gasteiger partial charge in [-0.2, -0.15) is 0 Å². The molecule has 0 N–H and O–H groups in total. The minimum absolute atomic E-state index is 0.258. The quantitative estimate of drug-likeness (QED) is 0.362. The highest BCUT2D eigenvalue weighted by atomic mass is 19.1. The Balaban J connectivity index is 1.44. The van der Waals surface area contributed by atoms with E-state index in [1.54, 1.807) is 19.2 Å². The van der Waals surface area contributed by atoms with Gasteiger partial charge < -0.3 is 14.0 Å². The largest absolute Gasteiger partial charge is 0.497 e. The summed E-state index contributed by atoms with van der Waals surface area (Å²) in [5, 5.41) is 0. The van der Waals surface area contributed by atoms with Gasteiger partial charge in [-0.1, -0.05) is 24.3 Å².